The Morgan fingerprint density at radius 3 is 2.60 bits per heavy atom. The van der Waals surface area contributed by atoms with E-state index in [9.17, 15) is 9.59 Å². The van der Waals surface area contributed by atoms with E-state index in [1.54, 1.807) is 0 Å². The van der Waals surface area contributed by atoms with Gasteiger partial charge in [-0.1, -0.05) is 36.9 Å². The fourth-order valence-corrected chi connectivity index (χ4v) is 4.07. The SMILES string of the molecule is C=C(C(=O)OC)[C@@H](Cc1ccc2c(c1)OCO2)C1=C(C(=O)OC)Cc2ccccc21. The third kappa shape index (κ3) is 3.45. The lowest BCUT2D eigenvalue weighted by Gasteiger charge is -2.22. The van der Waals surface area contributed by atoms with Gasteiger partial charge in [-0.2, -0.15) is 0 Å². The predicted octanol–water partition coefficient (Wildman–Crippen LogP) is 3.49. The molecule has 1 aliphatic carbocycles. The Morgan fingerprint density at radius 2 is 1.83 bits per heavy atom. The Hall–Kier alpha value is -3.54. The molecule has 0 fully saturated rings. The molecule has 2 aliphatic rings. The maximum Gasteiger partial charge on any atom is 0.334 e. The van der Waals surface area contributed by atoms with Crippen LogP contribution in [0.4, 0.5) is 0 Å². The summed E-state index contributed by atoms with van der Waals surface area (Å²) in [5.41, 5.74) is 4.44. The van der Waals surface area contributed by atoms with E-state index in [0.717, 1.165) is 22.3 Å². The number of benzene rings is 2. The number of carbonyl (C=O) groups excluding carboxylic acids is 2. The summed E-state index contributed by atoms with van der Waals surface area (Å²) in [5, 5.41) is 0. The van der Waals surface area contributed by atoms with Crippen molar-refractivity contribution in [2.24, 2.45) is 5.92 Å². The van der Waals surface area contributed by atoms with E-state index in [2.05, 4.69) is 6.58 Å². The van der Waals surface area contributed by atoms with Gasteiger partial charge in [-0.05, 0) is 40.8 Å². The minimum Gasteiger partial charge on any atom is -0.466 e. The molecule has 6 nitrogen and oxygen atoms in total. The van der Waals surface area contributed by atoms with Crippen LogP contribution in [0.1, 0.15) is 16.7 Å². The molecule has 2 aromatic carbocycles. The van der Waals surface area contributed by atoms with E-state index in [0.29, 0.717) is 29.9 Å². The van der Waals surface area contributed by atoms with E-state index in [1.165, 1.54) is 14.2 Å². The average molecular weight is 406 g/mol. The van der Waals surface area contributed by atoms with Crippen LogP contribution in [0.2, 0.25) is 0 Å². The van der Waals surface area contributed by atoms with Gasteiger partial charge in [0.25, 0.3) is 0 Å². The van der Waals surface area contributed by atoms with Crippen molar-refractivity contribution in [2.75, 3.05) is 21.0 Å². The van der Waals surface area contributed by atoms with Gasteiger partial charge < -0.3 is 18.9 Å². The molecule has 0 saturated heterocycles. The zero-order chi connectivity index (χ0) is 21.3. The van der Waals surface area contributed by atoms with E-state index >= 15 is 0 Å². The minimum absolute atomic E-state index is 0.183. The summed E-state index contributed by atoms with van der Waals surface area (Å²) in [6, 6.07) is 13.4. The summed E-state index contributed by atoms with van der Waals surface area (Å²) < 4.78 is 20.9. The van der Waals surface area contributed by atoms with Crippen molar-refractivity contribution in [2.45, 2.75) is 12.8 Å². The molecule has 0 radical (unpaired) electrons. The zero-order valence-electron chi connectivity index (χ0n) is 16.9. The van der Waals surface area contributed by atoms with Gasteiger partial charge in [-0.25, -0.2) is 9.59 Å². The lowest BCUT2D eigenvalue weighted by molar-refractivity contribution is -0.137. The van der Waals surface area contributed by atoms with Crippen LogP contribution >= 0.6 is 0 Å². The number of carbonyl (C=O) groups is 2. The molecule has 30 heavy (non-hydrogen) atoms. The third-order valence-corrected chi connectivity index (χ3v) is 5.53. The molecule has 6 heteroatoms. The Kier molecular flexibility index (Phi) is 5.31. The van der Waals surface area contributed by atoms with Gasteiger partial charge in [0.1, 0.15) is 0 Å². The smallest absolute Gasteiger partial charge is 0.334 e. The summed E-state index contributed by atoms with van der Waals surface area (Å²) in [5.74, 6) is -0.0429. The first kappa shape index (κ1) is 19.8. The van der Waals surface area contributed by atoms with Crippen molar-refractivity contribution >= 4 is 17.5 Å². The van der Waals surface area contributed by atoms with Crippen molar-refractivity contribution in [1.29, 1.82) is 0 Å². The Bertz CT molecular complexity index is 1070. The first-order valence-corrected chi connectivity index (χ1v) is 9.58. The van der Waals surface area contributed by atoms with Crippen molar-refractivity contribution in [1.82, 2.24) is 0 Å². The highest BCUT2D eigenvalue weighted by atomic mass is 16.7. The summed E-state index contributed by atoms with van der Waals surface area (Å²) >= 11 is 0. The van der Waals surface area contributed by atoms with Gasteiger partial charge in [-0.3, -0.25) is 0 Å². The lowest BCUT2D eigenvalue weighted by atomic mass is 9.82. The molecule has 0 saturated carbocycles. The fourth-order valence-electron chi connectivity index (χ4n) is 4.07. The average Bonchev–Trinajstić information content (AvgIpc) is 3.40. The van der Waals surface area contributed by atoms with Crippen LogP contribution in [-0.2, 0) is 31.9 Å². The second-order valence-corrected chi connectivity index (χ2v) is 7.18. The van der Waals surface area contributed by atoms with Gasteiger partial charge in [-0.15, -0.1) is 0 Å². The molecule has 1 atom stereocenters. The number of esters is 2. The Balaban J connectivity index is 1.81. The first-order chi connectivity index (χ1) is 14.5. The van der Waals surface area contributed by atoms with Crippen LogP contribution in [0, 0.1) is 5.92 Å². The van der Waals surface area contributed by atoms with Crippen LogP contribution in [0.3, 0.4) is 0 Å². The molecule has 0 amide bonds. The summed E-state index contributed by atoms with van der Waals surface area (Å²) in [6.07, 6.45) is 0.888. The normalized spacial score (nSPS) is 14.9. The summed E-state index contributed by atoms with van der Waals surface area (Å²) in [6.45, 7) is 4.20. The Morgan fingerprint density at radius 1 is 1.07 bits per heavy atom. The van der Waals surface area contributed by atoms with Crippen LogP contribution in [0.5, 0.6) is 11.5 Å². The predicted molar refractivity (Wildman–Crippen MR) is 110 cm³/mol. The number of allylic oxidation sites excluding steroid dienone is 1. The van der Waals surface area contributed by atoms with Crippen LogP contribution < -0.4 is 9.47 Å². The topological polar surface area (TPSA) is 71.1 Å². The monoisotopic (exact) mass is 406 g/mol. The van der Waals surface area contributed by atoms with Gasteiger partial charge in [0.2, 0.25) is 6.79 Å². The van der Waals surface area contributed by atoms with Gasteiger partial charge in [0.15, 0.2) is 11.5 Å². The highest BCUT2D eigenvalue weighted by Gasteiger charge is 2.35. The second-order valence-electron chi connectivity index (χ2n) is 7.18. The molecular weight excluding hydrogens is 384 g/mol. The molecular formula is C24H22O6. The number of rotatable bonds is 6. The number of hydrogen-bond donors (Lipinski definition) is 0. The third-order valence-electron chi connectivity index (χ3n) is 5.53. The molecule has 0 bridgehead atoms. The highest BCUT2D eigenvalue weighted by Crippen LogP contribution is 2.43. The van der Waals surface area contributed by atoms with Crippen molar-refractivity contribution in [3.8, 4) is 11.5 Å². The number of fused-ring (bicyclic) bond motifs is 2. The van der Waals surface area contributed by atoms with Crippen molar-refractivity contribution in [3.63, 3.8) is 0 Å². The standard InChI is InChI=1S/C24H22O6/c1-14(23(25)27-2)18(10-15-8-9-20-21(11-15)30-13-29-20)22-17-7-5-4-6-16(17)12-19(22)24(26)28-3/h4-9,11,18H,1,10,12-13H2,2-3H3/t18-/m1/s1. The van der Waals surface area contributed by atoms with E-state index in [1.807, 2.05) is 42.5 Å². The van der Waals surface area contributed by atoms with Crippen LogP contribution in [0.15, 0.2) is 60.2 Å². The fraction of sp³-hybridized carbons (Fsp3) is 0.250. The lowest BCUT2D eigenvalue weighted by Crippen LogP contribution is -2.19. The van der Waals surface area contributed by atoms with Gasteiger partial charge >= 0.3 is 11.9 Å². The molecule has 2 aromatic rings. The largest absolute Gasteiger partial charge is 0.466 e. The molecule has 1 heterocycles. The van der Waals surface area contributed by atoms with E-state index < -0.39 is 17.9 Å². The molecule has 154 valence electrons. The zero-order valence-corrected chi connectivity index (χ0v) is 16.9. The quantitative estimate of drug-likeness (QED) is 0.540. The molecule has 4 rings (SSSR count). The molecule has 0 N–H and O–H groups in total. The summed E-state index contributed by atoms with van der Waals surface area (Å²) in [4.78, 5) is 25.0. The maximum absolute atomic E-state index is 12.6. The number of ether oxygens (including phenoxy) is 4. The van der Waals surface area contributed by atoms with E-state index in [-0.39, 0.29) is 12.4 Å². The molecule has 0 aromatic heterocycles. The first-order valence-electron chi connectivity index (χ1n) is 9.58. The van der Waals surface area contributed by atoms with Crippen LogP contribution in [0.25, 0.3) is 5.57 Å². The number of methoxy groups -OCH3 is 2. The van der Waals surface area contributed by atoms with E-state index in [4.69, 9.17) is 18.9 Å². The van der Waals surface area contributed by atoms with Crippen molar-refractivity contribution < 1.29 is 28.5 Å². The van der Waals surface area contributed by atoms with Crippen LogP contribution in [-0.4, -0.2) is 33.0 Å². The van der Waals surface area contributed by atoms with Crippen molar-refractivity contribution in [3.05, 3.63) is 76.9 Å². The molecule has 0 spiro atoms. The highest BCUT2D eigenvalue weighted by molar-refractivity contribution is 6.04. The molecule has 1 aliphatic heterocycles. The Labute approximate surface area is 174 Å². The molecule has 0 unspecified atom stereocenters. The maximum atomic E-state index is 12.6. The minimum atomic E-state index is -0.512. The number of hydrogen-bond acceptors (Lipinski definition) is 6. The summed E-state index contributed by atoms with van der Waals surface area (Å²) in [7, 11) is 2.68. The van der Waals surface area contributed by atoms with Gasteiger partial charge in [0.05, 0.1) is 14.2 Å². The second kappa shape index (κ2) is 8.06. The van der Waals surface area contributed by atoms with Gasteiger partial charge in [0, 0.05) is 23.5 Å².